The van der Waals surface area contributed by atoms with Crippen LogP contribution in [0.1, 0.15) is 5.56 Å². The fraction of sp³-hybridized carbons (Fsp3) is 0.571. The summed E-state index contributed by atoms with van der Waals surface area (Å²) in [6, 6.07) is 7.09. The van der Waals surface area contributed by atoms with Crippen LogP contribution in [0, 0.1) is 0 Å². The second kappa shape index (κ2) is 8.24. The summed E-state index contributed by atoms with van der Waals surface area (Å²) in [5.74, 6) is 0. The Morgan fingerprint density at radius 2 is 2.14 bits per heavy atom. The Kier molecular flexibility index (Phi) is 7.24. The van der Waals surface area contributed by atoms with Crippen LogP contribution in [-0.4, -0.2) is 64.1 Å². The zero-order valence-corrected chi connectivity index (χ0v) is 14.6. The molecule has 1 aromatic rings. The van der Waals surface area contributed by atoms with Crippen LogP contribution in [0.2, 0.25) is 0 Å². The van der Waals surface area contributed by atoms with Crippen molar-refractivity contribution in [1.29, 1.82) is 0 Å². The van der Waals surface area contributed by atoms with Gasteiger partial charge in [0.25, 0.3) is 0 Å². The van der Waals surface area contributed by atoms with Gasteiger partial charge >= 0.3 is 0 Å². The van der Waals surface area contributed by atoms with E-state index in [4.69, 9.17) is 10.5 Å². The van der Waals surface area contributed by atoms with Crippen LogP contribution >= 0.6 is 12.4 Å². The van der Waals surface area contributed by atoms with E-state index < -0.39 is 10.0 Å². The molecule has 1 atom stereocenters. The van der Waals surface area contributed by atoms with Crippen LogP contribution < -0.4 is 5.73 Å². The third-order valence-corrected chi connectivity index (χ3v) is 5.38. The molecule has 1 aromatic carbocycles. The standard InChI is InChI=1S/C14H23N3O3S.ClH/c1-16(2)21(18,19)14-5-3-4-12(8-14)10-17-6-7-20-13(9-15)11-17;/h3-5,8,13H,6-7,9-11,15H2,1-2H3;1H. The average molecular weight is 350 g/mol. The predicted molar refractivity (Wildman–Crippen MR) is 88.6 cm³/mol. The van der Waals surface area contributed by atoms with Crippen molar-refractivity contribution >= 4 is 22.4 Å². The molecule has 0 amide bonds. The van der Waals surface area contributed by atoms with E-state index in [0.717, 1.165) is 18.7 Å². The molecule has 2 rings (SSSR count). The van der Waals surface area contributed by atoms with Crippen LogP contribution in [0.3, 0.4) is 0 Å². The maximum atomic E-state index is 12.2. The maximum absolute atomic E-state index is 12.2. The van der Waals surface area contributed by atoms with Crippen LogP contribution in [0.15, 0.2) is 29.2 Å². The minimum Gasteiger partial charge on any atom is -0.374 e. The van der Waals surface area contributed by atoms with Gasteiger partial charge in [-0.15, -0.1) is 12.4 Å². The first-order valence-electron chi connectivity index (χ1n) is 6.99. The van der Waals surface area contributed by atoms with Gasteiger partial charge in [0.05, 0.1) is 17.6 Å². The van der Waals surface area contributed by atoms with Gasteiger partial charge in [0.2, 0.25) is 10.0 Å². The lowest BCUT2D eigenvalue weighted by atomic mass is 10.2. The minimum atomic E-state index is -3.39. The molecule has 8 heteroatoms. The number of morpholine rings is 1. The van der Waals surface area contributed by atoms with E-state index in [2.05, 4.69) is 4.90 Å². The van der Waals surface area contributed by atoms with Crippen molar-refractivity contribution in [1.82, 2.24) is 9.21 Å². The molecule has 1 heterocycles. The molecule has 1 fully saturated rings. The number of hydrogen-bond donors (Lipinski definition) is 1. The predicted octanol–water partition coefficient (Wildman–Crippen LogP) is 0.518. The fourth-order valence-corrected chi connectivity index (χ4v) is 3.31. The number of hydrogen-bond acceptors (Lipinski definition) is 5. The Balaban J connectivity index is 0.00000242. The summed E-state index contributed by atoms with van der Waals surface area (Å²) in [4.78, 5) is 2.57. The molecular formula is C14H24ClN3O3S. The molecule has 0 radical (unpaired) electrons. The number of benzene rings is 1. The van der Waals surface area contributed by atoms with Gasteiger partial charge in [0.1, 0.15) is 0 Å². The van der Waals surface area contributed by atoms with E-state index in [1.54, 1.807) is 18.2 Å². The highest BCUT2D eigenvalue weighted by Crippen LogP contribution is 2.17. The Labute approximate surface area is 138 Å². The number of halogens is 1. The lowest BCUT2D eigenvalue weighted by Crippen LogP contribution is -2.45. The highest BCUT2D eigenvalue weighted by atomic mass is 35.5. The van der Waals surface area contributed by atoms with Crippen LogP contribution in [-0.2, 0) is 21.3 Å². The van der Waals surface area contributed by atoms with Crippen molar-refractivity contribution in [2.45, 2.75) is 17.5 Å². The van der Waals surface area contributed by atoms with Crippen molar-refractivity contribution in [2.24, 2.45) is 5.73 Å². The molecule has 126 valence electrons. The SMILES string of the molecule is CN(C)S(=O)(=O)c1cccc(CN2CCOC(CN)C2)c1.Cl. The quantitative estimate of drug-likeness (QED) is 0.838. The Morgan fingerprint density at radius 1 is 1.41 bits per heavy atom. The van der Waals surface area contributed by atoms with Gasteiger partial charge in [-0.2, -0.15) is 0 Å². The zero-order valence-electron chi connectivity index (χ0n) is 12.9. The normalized spacial score (nSPS) is 19.9. The van der Waals surface area contributed by atoms with Gasteiger partial charge < -0.3 is 10.5 Å². The Bertz CT molecular complexity index is 580. The second-order valence-electron chi connectivity index (χ2n) is 5.40. The molecule has 1 saturated heterocycles. The number of ether oxygens (including phenoxy) is 1. The third kappa shape index (κ3) is 4.65. The van der Waals surface area contributed by atoms with Crippen molar-refractivity contribution in [3.05, 3.63) is 29.8 Å². The van der Waals surface area contributed by atoms with Gasteiger partial charge in [0.15, 0.2) is 0 Å². The summed E-state index contributed by atoms with van der Waals surface area (Å²) in [6.07, 6.45) is 0.0624. The number of nitrogens with zero attached hydrogens (tertiary/aromatic N) is 2. The number of rotatable bonds is 5. The summed E-state index contributed by atoms with van der Waals surface area (Å²) >= 11 is 0. The van der Waals surface area contributed by atoms with Crippen LogP contribution in [0.4, 0.5) is 0 Å². The maximum Gasteiger partial charge on any atom is 0.242 e. The largest absolute Gasteiger partial charge is 0.374 e. The van der Waals surface area contributed by atoms with E-state index in [9.17, 15) is 8.42 Å². The van der Waals surface area contributed by atoms with Gasteiger partial charge in [-0.3, -0.25) is 4.90 Å². The molecule has 6 nitrogen and oxygen atoms in total. The molecule has 0 aromatic heterocycles. The molecule has 1 aliphatic heterocycles. The first kappa shape index (κ1) is 19.3. The van der Waals surface area contributed by atoms with Crippen molar-refractivity contribution < 1.29 is 13.2 Å². The van der Waals surface area contributed by atoms with Gasteiger partial charge in [-0.05, 0) is 17.7 Å². The van der Waals surface area contributed by atoms with Gasteiger partial charge in [0, 0.05) is 40.3 Å². The third-order valence-electron chi connectivity index (χ3n) is 3.57. The van der Waals surface area contributed by atoms with Gasteiger partial charge in [-0.25, -0.2) is 12.7 Å². The van der Waals surface area contributed by atoms with Crippen molar-refractivity contribution in [2.75, 3.05) is 40.3 Å². The summed E-state index contributed by atoms with van der Waals surface area (Å²) in [5, 5.41) is 0. The smallest absolute Gasteiger partial charge is 0.242 e. The monoisotopic (exact) mass is 349 g/mol. The van der Waals surface area contributed by atoms with Crippen LogP contribution in [0.5, 0.6) is 0 Å². The van der Waals surface area contributed by atoms with E-state index >= 15 is 0 Å². The lowest BCUT2D eigenvalue weighted by molar-refractivity contribution is -0.0260. The van der Waals surface area contributed by atoms with Crippen molar-refractivity contribution in [3.8, 4) is 0 Å². The molecule has 1 aliphatic rings. The fourth-order valence-electron chi connectivity index (χ4n) is 2.34. The summed E-state index contributed by atoms with van der Waals surface area (Å²) in [5.41, 5.74) is 6.62. The van der Waals surface area contributed by atoms with E-state index in [1.807, 2.05) is 6.07 Å². The topological polar surface area (TPSA) is 75.9 Å². The van der Waals surface area contributed by atoms with E-state index in [-0.39, 0.29) is 18.5 Å². The Morgan fingerprint density at radius 3 is 2.77 bits per heavy atom. The first-order valence-corrected chi connectivity index (χ1v) is 8.43. The first-order chi connectivity index (χ1) is 9.93. The minimum absolute atomic E-state index is 0. The van der Waals surface area contributed by atoms with Crippen LogP contribution in [0.25, 0.3) is 0 Å². The molecule has 2 N–H and O–H groups in total. The second-order valence-corrected chi connectivity index (χ2v) is 7.55. The summed E-state index contributed by atoms with van der Waals surface area (Å²) < 4.78 is 31.1. The molecule has 0 spiro atoms. The molecular weight excluding hydrogens is 326 g/mol. The zero-order chi connectivity index (χ0) is 15.5. The molecule has 1 unspecified atom stereocenters. The highest BCUT2D eigenvalue weighted by Gasteiger charge is 2.21. The highest BCUT2D eigenvalue weighted by molar-refractivity contribution is 7.89. The Hall–Kier alpha value is -0.700. The lowest BCUT2D eigenvalue weighted by Gasteiger charge is -2.32. The molecule has 0 saturated carbocycles. The van der Waals surface area contributed by atoms with Crippen molar-refractivity contribution in [3.63, 3.8) is 0 Å². The number of nitrogens with two attached hydrogens (primary N) is 1. The molecule has 0 aliphatic carbocycles. The average Bonchev–Trinajstić information content (AvgIpc) is 2.47. The van der Waals surface area contributed by atoms with E-state index in [0.29, 0.717) is 24.6 Å². The van der Waals surface area contributed by atoms with Gasteiger partial charge in [-0.1, -0.05) is 12.1 Å². The van der Waals surface area contributed by atoms with E-state index in [1.165, 1.54) is 18.4 Å². The molecule has 0 bridgehead atoms. The number of sulfonamides is 1. The molecule has 22 heavy (non-hydrogen) atoms. The summed E-state index contributed by atoms with van der Waals surface area (Å²) in [7, 11) is -0.310. The summed E-state index contributed by atoms with van der Waals surface area (Å²) in [6.45, 7) is 3.49.